The number of fused-ring (bicyclic) bond motifs is 1. The van der Waals surface area contributed by atoms with Crippen LogP contribution in [-0.2, 0) is 48.9 Å². The van der Waals surface area contributed by atoms with Crippen molar-refractivity contribution in [1.29, 1.82) is 0 Å². The average molecular weight is 874 g/mol. The van der Waals surface area contributed by atoms with Gasteiger partial charge in [0, 0.05) is 0 Å². The van der Waals surface area contributed by atoms with Crippen molar-refractivity contribution in [1.82, 2.24) is 29.2 Å². The van der Waals surface area contributed by atoms with Crippen molar-refractivity contribution in [2.75, 3.05) is 39.3 Å². The van der Waals surface area contributed by atoms with Gasteiger partial charge in [0.1, 0.15) is 0 Å². The van der Waals surface area contributed by atoms with E-state index in [-0.39, 0.29) is 0 Å². The molecule has 3 saturated heterocycles. The second-order valence-electron chi connectivity index (χ2n) is 11.0. The molecule has 33 heteroatoms. The molecule has 3 aliphatic rings. The summed E-state index contributed by atoms with van der Waals surface area (Å²) >= 11 is 0. The zero-order valence-corrected chi connectivity index (χ0v) is 32.5. The molecular weight excluding hydrogens is 837 g/mol. The minimum absolute atomic E-state index is 0.902. The molecule has 0 radical (unpaired) electrons. The Bertz CT molecular complexity index is 1700. The third-order valence-electron chi connectivity index (χ3n) is 7.12. The van der Waals surface area contributed by atoms with Gasteiger partial charge in [-0.3, -0.25) is 0 Å². The topological polar surface area (TPSA) is 360 Å². The van der Waals surface area contributed by atoms with E-state index in [1.807, 2.05) is 18.2 Å². The Morgan fingerprint density at radius 2 is 0.863 bits per heavy atom. The van der Waals surface area contributed by atoms with Crippen LogP contribution >= 0.6 is 54.9 Å². The van der Waals surface area contributed by atoms with Gasteiger partial charge in [-0.25, -0.2) is 27.4 Å². The quantitative estimate of drug-likeness (QED) is 0.119. The van der Waals surface area contributed by atoms with Gasteiger partial charge in [0.25, 0.3) is 0 Å². The summed E-state index contributed by atoms with van der Waals surface area (Å²) in [6.07, 6.45) is 7.65. The number of rotatable bonds is 15. The second kappa shape index (κ2) is 16.8. The Balaban J connectivity index is 0.000000229. The molecule has 4 atom stereocenters. The number of hydrogen-bond acceptors (Lipinski definition) is 17. The van der Waals surface area contributed by atoms with Gasteiger partial charge in [0.05, 0.1) is 0 Å². The van der Waals surface area contributed by atoms with Crippen LogP contribution in [0.15, 0.2) is 24.3 Å². The Kier molecular flexibility index (Phi) is 14.2. The molecule has 3 aliphatic heterocycles. The van der Waals surface area contributed by atoms with Gasteiger partial charge < -0.3 is 39.1 Å². The summed E-state index contributed by atoms with van der Waals surface area (Å²) in [5.74, 6) is 0. The molecule has 0 saturated carbocycles. The number of phosphoric acid groups is 6. The van der Waals surface area contributed by atoms with Crippen LogP contribution in [0, 0.1) is 0 Å². The molecule has 4 unspecified atom stereocenters. The standard InChI is InChI=1S/C18H29N6OP.H8O19P6/c1-2-10-18-17(9-1)19-20-24(18)25-26(21-11-3-4-12-21,22-13-5-6-14-22)23-15-7-8-16-23;1-20(2,3)15-22(7,8)17-24(11,12)19-25(13,14)18-23(9,10)16-21(4,5)6/h1-2,9-10,26H,3-8,11-16H2;(H,7,8)(H,9,10)(H,11,12)(H,13,14)(H2,1,2,3)(H2,4,5,6). The van der Waals surface area contributed by atoms with Crippen molar-refractivity contribution in [2.24, 2.45) is 0 Å². The van der Waals surface area contributed by atoms with Crippen molar-refractivity contribution < 1.29 is 92.7 Å². The third-order valence-corrected chi connectivity index (χ3v) is 19.7. The molecule has 1 aromatic carbocycles. The van der Waals surface area contributed by atoms with Gasteiger partial charge in [-0.15, -0.1) is 0 Å². The fraction of sp³-hybridized carbons (Fsp3) is 0.667. The summed E-state index contributed by atoms with van der Waals surface area (Å²) in [6.45, 7) is 6.87. The molecule has 4 heterocycles. The first-order valence-electron chi connectivity index (χ1n) is 14.7. The first kappa shape index (κ1) is 43.3. The second-order valence-corrected chi connectivity index (χ2v) is 23.2. The normalized spacial score (nSPS) is 23.5. The van der Waals surface area contributed by atoms with E-state index in [9.17, 15) is 27.4 Å². The molecule has 1 aromatic heterocycles. The Morgan fingerprint density at radius 1 is 0.529 bits per heavy atom. The van der Waals surface area contributed by atoms with Crippen molar-refractivity contribution in [3.8, 4) is 0 Å². The fourth-order valence-corrected chi connectivity index (χ4v) is 17.0. The summed E-state index contributed by atoms with van der Waals surface area (Å²) in [7, 11) is -38.7. The Hall–Kier alpha value is -0.410. The van der Waals surface area contributed by atoms with E-state index < -0.39 is 54.9 Å². The summed E-state index contributed by atoms with van der Waals surface area (Å²) in [5, 5.41) is 8.73. The van der Waals surface area contributed by atoms with Crippen molar-refractivity contribution >= 4 is 65.9 Å². The number of aromatic nitrogens is 3. The zero-order chi connectivity index (χ0) is 37.9. The van der Waals surface area contributed by atoms with Gasteiger partial charge >= 0.3 is 202 Å². The van der Waals surface area contributed by atoms with E-state index in [4.69, 9.17) is 43.8 Å². The van der Waals surface area contributed by atoms with E-state index in [0.717, 1.165) is 50.3 Å². The maximum absolute atomic E-state index is 11.2. The fourth-order valence-electron chi connectivity index (χ4n) is 5.55. The SMILES string of the molecule is O=P(O)(O)OP(=O)(O)OP(=O)(O)OP(=O)(O)OP(=O)(O)OP(=O)(O)O.c1ccc2c(c1)nnn2O[PH](N1CCCC1)(N1CCCC1)N1CCCC1. The van der Waals surface area contributed by atoms with Crippen molar-refractivity contribution in [3.05, 3.63) is 24.3 Å². The van der Waals surface area contributed by atoms with Crippen LogP contribution in [0.3, 0.4) is 0 Å². The molecule has 5 rings (SSSR count). The minimum atomic E-state index is -6.26. The average Bonchev–Trinajstić information content (AvgIpc) is 3.75. The van der Waals surface area contributed by atoms with Crippen LogP contribution in [-0.4, -0.2) is 108 Å². The van der Waals surface area contributed by atoms with Gasteiger partial charge in [0.15, 0.2) is 0 Å². The van der Waals surface area contributed by atoms with E-state index >= 15 is 0 Å². The summed E-state index contributed by atoms with van der Waals surface area (Å²) < 4.78 is 95.5. The van der Waals surface area contributed by atoms with E-state index in [1.165, 1.54) is 38.5 Å². The van der Waals surface area contributed by atoms with Gasteiger partial charge in [0.2, 0.25) is 0 Å². The Morgan fingerprint density at radius 3 is 1.22 bits per heavy atom. The van der Waals surface area contributed by atoms with Crippen LogP contribution in [0.25, 0.3) is 11.0 Å². The number of nitrogens with zero attached hydrogens (tertiary/aromatic N) is 6. The third kappa shape index (κ3) is 12.8. The first-order chi connectivity index (χ1) is 23.4. The molecule has 0 spiro atoms. The predicted octanol–water partition coefficient (Wildman–Crippen LogP) is 2.21. The monoisotopic (exact) mass is 874 g/mol. The van der Waals surface area contributed by atoms with Crippen LogP contribution in [0.4, 0.5) is 0 Å². The molecule has 0 amide bonds. The van der Waals surface area contributed by atoms with Crippen molar-refractivity contribution in [2.45, 2.75) is 38.5 Å². The molecule has 26 nitrogen and oxygen atoms in total. The number of hydrogen-bond donors (Lipinski definition) is 8. The Labute approximate surface area is 289 Å². The molecule has 0 bridgehead atoms. The molecule has 2 aromatic rings. The van der Waals surface area contributed by atoms with Crippen LogP contribution in [0.1, 0.15) is 38.5 Å². The van der Waals surface area contributed by atoms with Crippen LogP contribution < -0.4 is 4.62 Å². The van der Waals surface area contributed by atoms with Gasteiger partial charge in [-0.1, -0.05) is 0 Å². The summed E-state index contributed by atoms with van der Waals surface area (Å²) in [5.41, 5.74) is 1.88. The van der Waals surface area contributed by atoms with Gasteiger partial charge in [-0.2, -0.15) is 21.6 Å². The zero-order valence-electron chi connectivity index (χ0n) is 26.1. The van der Waals surface area contributed by atoms with E-state index in [2.05, 4.69) is 51.9 Å². The van der Waals surface area contributed by atoms with Crippen LogP contribution in [0.5, 0.6) is 0 Å². The molecule has 0 aliphatic carbocycles. The maximum atomic E-state index is 11.2. The molecule has 51 heavy (non-hydrogen) atoms. The van der Waals surface area contributed by atoms with E-state index in [1.54, 1.807) is 4.85 Å². The van der Waals surface area contributed by atoms with Gasteiger partial charge in [-0.05, 0) is 0 Å². The summed E-state index contributed by atoms with van der Waals surface area (Å²) in [4.78, 5) is 69.8. The van der Waals surface area contributed by atoms with E-state index in [0.29, 0.717) is 0 Å². The van der Waals surface area contributed by atoms with Crippen LogP contribution in [0.2, 0.25) is 0 Å². The number of para-hydroxylation sites is 1. The number of benzene rings is 1. The predicted molar refractivity (Wildman–Crippen MR) is 174 cm³/mol. The molecule has 294 valence electrons. The molecule has 3 fully saturated rings. The van der Waals surface area contributed by atoms with Crippen molar-refractivity contribution in [3.63, 3.8) is 0 Å². The molecular formula is C18H37N6O20P7. The summed E-state index contributed by atoms with van der Waals surface area (Å²) in [6, 6.07) is 8.11. The molecule has 8 N–H and O–H groups in total. The first-order valence-corrected chi connectivity index (χ1v) is 25.4.